The van der Waals surface area contributed by atoms with Crippen molar-refractivity contribution < 1.29 is 30.6 Å². The zero-order chi connectivity index (χ0) is 12.2. The predicted octanol–water partition coefficient (Wildman–Crippen LogP) is -3.23. The van der Waals surface area contributed by atoms with Crippen LogP contribution in [0.25, 0.3) is 0 Å². The smallest absolute Gasteiger partial charge is 0.141 e. The van der Waals surface area contributed by atoms with Crippen LogP contribution < -0.4 is 0 Å². The van der Waals surface area contributed by atoms with Gasteiger partial charge in [0.1, 0.15) is 34.3 Å². The van der Waals surface area contributed by atoms with Gasteiger partial charge in [-0.05, 0) is 0 Å². The normalized spacial score (nSPS) is 61.8. The van der Waals surface area contributed by atoms with Crippen molar-refractivity contribution in [2.24, 2.45) is 0 Å². The molecular formula is C6H15O6P3. The van der Waals surface area contributed by atoms with Gasteiger partial charge in [0, 0.05) is 0 Å². The highest BCUT2D eigenvalue weighted by atomic mass is 31.0. The molecule has 90 valence electrons. The van der Waals surface area contributed by atoms with Gasteiger partial charge in [-0.15, -0.1) is 0 Å². The Balaban J connectivity index is 3.24. The molecular weight excluding hydrogens is 261 g/mol. The fraction of sp³-hybridized carbons (Fsp3) is 1.00. The Hall–Kier alpha value is 1.05. The summed E-state index contributed by atoms with van der Waals surface area (Å²) in [7, 11) is 5.23. The first kappa shape index (κ1) is 14.1. The molecule has 1 aliphatic rings. The molecule has 0 aromatic heterocycles. The first-order valence-electron chi connectivity index (χ1n) is 4.05. The summed E-state index contributed by atoms with van der Waals surface area (Å²) in [5, 5.41) is 51.1. The summed E-state index contributed by atoms with van der Waals surface area (Å²) in [5.74, 6) is 0. The summed E-state index contributed by atoms with van der Waals surface area (Å²) in [6.07, 6.45) is -5.53. The van der Waals surface area contributed by atoms with Crippen LogP contribution in [0.1, 0.15) is 0 Å². The van der Waals surface area contributed by atoms with Crippen molar-refractivity contribution in [1.29, 1.82) is 0 Å². The lowest BCUT2D eigenvalue weighted by Gasteiger charge is -2.55. The minimum Gasteiger partial charge on any atom is -0.387 e. The van der Waals surface area contributed by atoms with Crippen LogP contribution in [-0.4, -0.2) is 65.0 Å². The highest BCUT2D eigenvalue weighted by molar-refractivity contribution is 7.25. The topological polar surface area (TPSA) is 121 Å². The number of rotatable bonds is 0. The number of hydrogen-bond acceptors (Lipinski definition) is 6. The Labute approximate surface area is 93.3 Å². The van der Waals surface area contributed by atoms with Gasteiger partial charge in [0.2, 0.25) is 0 Å². The minimum absolute atomic E-state index is 1.74. The van der Waals surface area contributed by atoms with E-state index in [-0.39, 0.29) is 0 Å². The SMILES string of the molecule is O[C@@H]1[C@H](O)[C@](O)(P)[C@@](O)(P)[C@@H](O)[C@@]1(O)P. The Morgan fingerprint density at radius 3 is 1.53 bits per heavy atom. The Kier molecular flexibility index (Phi) is 3.55. The van der Waals surface area contributed by atoms with Crippen LogP contribution in [0, 0.1) is 0 Å². The van der Waals surface area contributed by atoms with Crippen LogP contribution in [-0.2, 0) is 0 Å². The molecule has 3 unspecified atom stereocenters. The van der Waals surface area contributed by atoms with E-state index in [0.717, 1.165) is 0 Å². The van der Waals surface area contributed by atoms with Gasteiger partial charge in [0.25, 0.3) is 0 Å². The summed E-state index contributed by atoms with van der Waals surface area (Å²) in [5.41, 5.74) is 0. The lowest BCUT2D eigenvalue weighted by Crippen LogP contribution is -2.76. The summed E-state index contributed by atoms with van der Waals surface area (Å²) in [6.45, 7) is 0. The molecule has 1 saturated carbocycles. The van der Waals surface area contributed by atoms with Gasteiger partial charge in [-0.25, -0.2) is 0 Å². The largest absolute Gasteiger partial charge is 0.387 e. The lowest BCUT2D eigenvalue weighted by molar-refractivity contribution is -0.261. The third kappa shape index (κ3) is 1.77. The summed E-state index contributed by atoms with van der Waals surface area (Å²) >= 11 is 0. The minimum atomic E-state index is -2.27. The standard InChI is InChI=1S/C6H15O6P3/c7-1-2(8)5(11,14)6(12,15)3(9)4(1,10)13/h1-3,7-12H,13-15H2/t1-,2+,3+,4+,5+,6+/m1/s1. The molecule has 0 saturated heterocycles. The molecule has 6 N–H and O–H groups in total. The van der Waals surface area contributed by atoms with Crippen molar-refractivity contribution in [3.63, 3.8) is 0 Å². The van der Waals surface area contributed by atoms with Gasteiger partial charge in [0.15, 0.2) is 0 Å². The van der Waals surface area contributed by atoms with Crippen molar-refractivity contribution in [3.8, 4) is 0 Å². The van der Waals surface area contributed by atoms with Crippen LogP contribution in [0.2, 0.25) is 0 Å². The summed E-state index contributed by atoms with van der Waals surface area (Å²) < 4.78 is 0. The maximum atomic E-state index is 9.79. The first-order valence-corrected chi connectivity index (χ1v) is 5.78. The number of hydrogen-bond donors (Lipinski definition) is 6. The Morgan fingerprint density at radius 2 is 1.13 bits per heavy atom. The molecule has 9 heteroatoms. The van der Waals surface area contributed by atoms with Gasteiger partial charge in [-0.1, -0.05) is 27.7 Å². The van der Waals surface area contributed by atoms with E-state index in [1.165, 1.54) is 0 Å². The van der Waals surface area contributed by atoms with E-state index in [4.69, 9.17) is 0 Å². The molecule has 0 radical (unpaired) electrons. The highest BCUT2D eigenvalue weighted by Gasteiger charge is 2.67. The molecule has 0 spiro atoms. The molecule has 0 aliphatic heterocycles. The third-order valence-corrected chi connectivity index (χ3v) is 5.29. The second-order valence-corrected chi connectivity index (χ2v) is 6.52. The zero-order valence-corrected chi connectivity index (χ0v) is 11.1. The molecule has 9 atom stereocenters. The quantitative estimate of drug-likeness (QED) is 0.259. The predicted molar refractivity (Wildman–Crippen MR) is 62.0 cm³/mol. The molecule has 6 nitrogen and oxygen atoms in total. The fourth-order valence-electron chi connectivity index (χ4n) is 1.46. The summed E-state index contributed by atoms with van der Waals surface area (Å²) in [6, 6.07) is 0. The van der Waals surface area contributed by atoms with E-state index < -0.39 is 34.3 Å². The molecule has 1 aliphatic carbocycles. The van der Waals surface area contributed by atoms with Gasteiger partial charge in [-0.3, -0.25) is 0 Å². The second kappa shape index (κ2) is 3.78. The van der Waals surface area contributed by atoms with Crippen LogP contribution in [0.4, 0.5) is 0 Å². The average molecular weight is 276 g/mol. The Morgan fingerprint density at radius 1 is 0.733 bits per heavy atom. The van der Waals surface area contributed by atoms with Gasteiger partial charge < -0.3 is 30.6 Å². The maximum absolute atomic E-state index is 9.79. The van der Waals surface area contributed by atoms with E-state index in [0.29, 0.717) is 0 Å². The van der Waals surface area contributed by atoms with Crippen LogP contribution >= 0.6 is 27.7 Å². The Bertz CT molecular complexity index is 268. The van der Waals surface area contributed by atoms with Gasteiger partial charge in [0.05, 0.1) is 0 Å². The van der Waals surface area contributed by atoms with Crippen LogP contribution in [0.15, 0.2) is 0 Å². The third-order valence-electron chi connectivity index (χ3n) is 2.72. The molecule has 1 rings (SSSR count). The van der Waals surface area contributed by atoms with Crippen molar-refractivity contribution in [1.82, 2.24) is 0 Å². The number of aliphatic hydroxyl groups excluding tert-OH is 3. The summed E-state index contributed by atoms with van der Waals surface area (Å²) in [4.78, 5) is 0. The average Bonchev–Trinajstić information content (AvgIpc) is 2.12. The molecule has 0 aromatic carbocycles. The van der Waals surface area contributed by atoms with Gasteiger partial charge in [-0.2, -0.15) is 0 Å². The first-order chi connectivity index (χ1) is 6.47. The van der Waals surface area contributed by atoms with E-state index in [9.17, 15) is 30.6 Å². The van der Waals surface area contributed by atoms with E-state index >= 15 is 0 Å². The molecule has 1 fully saturated rings. The zero-order valence-electron chi connectivity index (χ0n) is 7.65. The van der Waals surface area contributed by atoms with E-state index in [1.807, 2.05) is 0 Å². The van der Waals surface area contributed by atoms with Crippen molar-refractivity contribution >= 4 is 27.7 Å². The lowest BCUT2D eigenvalue weighted by atomic mass is 9.83. The number of aliphatic hydroxyl groups is 6. The van der Waals surface area contributed by atoms with Gasteiger partial charge >= 0.3 is 0 Å². The molecule has 0 heterocycles. The van der Waals surface area contributed by atoms with Crippen molar-refractivity contribution in [2.75, 3.05) is 0 Å². The molecule has 15 heavy (non-hydrogen) atoms. The molecule has 0 amide bonds. The van der Waals surface area contributed by atoms with Crippen molar-refractivity contribution in [2.45, 2.75) is 34.3 Å². The molecule has 0 bridgehead atoms. The second-order valence-electron chi connectivity index (χ2n) is 3.83. The molecule has 0 aromatic rings. The van der Waals surface area contributed by atoms with Crippen LogP contribution in [0.5, 0.6) is 0 Å². The fourth-order valence-corrected chi connectivity index (χ4v) is 2.87. The van der Waals surface area contributed by atoms with Crippen molar-refractivity contribution in [3.05, 3.63) is 0 Å². The monoisotopic (exact) mass is 276 g/mol. The van der Waals surface area contributed by atoms with E-state index in [1.54, 1.807) is 27.7 Å². The highest BCUT2D eigenvalue weighted by Crippen LogP contribution is 2.51. The van der Waals surface area contributed by atoms with Crippen LogP contribution in [0.3, 0.4) is 0 Å². The maximum Gasteiger partial charge on any atom is 0.141 e. The van der Waals surface area contributed by atoms with E-state index in [2.05, 4.69) is 0 Å².